The van der Waals surface area contributed by atoms with Crippen LogP contribution in [0.4, 0.5) is 0 Å². The minimum absolute atomic E-state index is 0.00192. The molecule has 0 aliphatic rings. The van der Waals surface area contributed by atoms with E-state index >= 15 is 0 Å². The lowest BCUT2D eigenvalue weighted by Crippen LogP contribution is -2.24. The van der Waals surface area contributed by atoms with E-state index in [1.165, 1.54) is 0 Å². The average molecular weight is 256 g/mol. The largest absolute Gasteiger partial charge is 0.472 e. The van der Waals surface area contributed by atoms with Gasteiger partial charge in [-0.2, -0.15) is 0 Å². The predicted molar refractivity (Wildman–Crippen MR) is 72.9 cm³/mol. The molecule has 0 bridgehead atoms. The normalized spacial score (nSPS) is 12.6. The van der Waals surface area contributed by atoms with Gasteiger partial charge in [0.15, 0.2) is 0 Å². The van der Waals surface area contributed by atoms with Crippen molar-refractivity contribution in [2.45, 2.75) is 58.4 Å². The van der Waals surface area contributed by atoms with Gasteiger partial charge in [0, 0.05) is 17.4 Å². The number of alkyl halides is 1. The van der Waals surface area contributed by atoms with Gasteiger partial charge in [-0.15, -0.1) is 11.6 Å². The molecule has 1 aromatic heterocycles. The molecule has 0 saturated heterocycles. The summed E-state index contributed by atoms with van der Waals surface area (Å²) in [6.07, 6.45) is 0. The maximum absolute atomic E-state index is 5.91. The highest BCUT2D eigenvalue weighted by molar-refractivity contribution is 6.17. The van der Waals surface area contributed by atoms with Gasteiger partial charge in [0.05, 0.1) is 5.69 Å². The highest BCUT2D eigenvalue weighted by Gasteiger charge is 2.19. The second kappa shape index (κ2) is 4.85. The van der Waals surface area contributed by atoms with Gasteiger partial charge in [-0.3, -0.25) is 0 Å². The fourth-order valence-corrected chi connectivity index (χ4v) is 1.54. The van der Waals surface area contributed by atoms with Crippen LogP contribution in [0.2, 0.25) is 0 Å². The van der Waals surface area contributed by atoms with E-state index in [1.807, 2.05) is 32.9 Å². The SMILES string of the molecule is CC(C)(C)Oc1cc(CCl)cc(C(C)(C)C)n1. The van der Waals surface area contributed by atoms with Gasteiger partial charge in [-0.05, 0) is 32.4 Å². The van der Waals surface area contributed by atoms with Crippen molar-refractivity contribution in [3.8, 4) is 5.88 Å². The maximum atomic E-state index is 5.91. The summed E-state index contributed by atoms with van der Waals surface area (Å²) in [5.74, 6) is 1.13. The maximum Gasteiger partial charge on any atom is 0.214 e. The first-order valence-electron chi connectivity index (χ1n) is 5.88. The summed E-state index contributed by atoms with van der Waals surface area (Å²) >= 11 is 5.91. The van der Waals surface area contributed by atoms with Crippen molar-refractivity contribution in [3.05, 3.63) is 23.4 Å². The highest BCUT2D eigenvalue weighted by Crippen LogP contribution is 2.26. The van der Waals surface area contributed by atoms with Crippen LogP contribution in [0.3, 0.4) is 0 Å². The molecule has 17 heavy (non-hydrogen) atoms. The molecule has 0 amide bonds. The van der Waals surface area contributed by atoms with Gasteiger partial charge in [-0.1, -0.05) is 20.8 Å². The van der Waals surface area contributed by atoms with Crippen LogP contribution in [-0.4, -0.2) is 10.6 Å². The smallest absolute Gasteiger partial charge is 0.214 e. The van der Waals surface area contributed by atoms with E-state index < -0.39 is 0 Å². The molecule has 0 spiro atoms. The Labute approximate surface area is 109 Å². The molecule has 2 nitrogen and oxygen atoms in total. The Kier molecular flexibility index (Phi) is 4.08. The van der Waals surface area contributed by atoms with Crippen LogP contribution in [0.15, 0.2) is 12.1 Å². The Balaban J connectivity index is 3.15. The third-order valence-corrected chi connectivity index (χ3v) is 2.50. The van der Waals surface area contributed by atoms with Crippen molar-refractivity contribution in [3.63, 3.8) is 0 Å². The lowest BCUT2D eigenvalue weighted by Gasteiger charge is -2.24. The van der Waals surface area contributed by atoms with E-state index in [0.29, 0.717) is 11.8 Å². The Hall–Kier alpha value is -0.760. The van der Waals surface area contributed by atoms with Crippen molar-refractivity contribution >= 4 is 11.6 Å². The molecule has 1 aromatic rings. The molecular formula is C14H22ClNO. The van der Waals surface area contributed by atoms with Crippen LogP contribution in [0.1, 0.15) is 52.8 Å². The molecule has 1 heterocycles. The second-order valence-electron chi connectivity index (χ2n) is 6.30. The highest BCUT2D eigenvalue weighted by atomic mass is 35.5. The third kappa shape index (κ3) is 4.55. The molecule has 0 aliphatic carbocycles. The molecule has 0 unspecified atom stereocenters. The van der Waals surface area contributed by atoms with E-state index in [4.69, 9.17) is 16.3 Å². The number of ether oxygens (including phenoxy) is 1. The van der Waals surface area contributed by atoms with Gasteiger partial charge in [-0.25, -0.2) is 4.98 Å². The van der Waals surface area contributed by atoms with Gasteiger partial charge < -0.3 is 4.74 Å². The summed E-state index contributed by atoms with van der Waals surface area (Å²) in [5, 5.41) is 0. The van der Waals surface area contributed by atoms with Gasteiger partial charge >= 0.3 is 0 Å². The number of halogens is 1. The van der Waals surface area contributed by atoms with E-state index in [1.54, 1.807) is 0 Å². The Morgan fingerprint density at radius 1 is 1.12 bits per heavy atom. The number of rotatable bonds is 2. The van der Waals surface area contributed by atoms with Gasteiger partial charge in [0.1, 0.15) is 5.60 Å². The average Bonchev–Trinajstić information content (AvgIpc) is 2.13. The summed E-state index contributed by atoms with van der Waals surface area (Å²) in [4.78, 5) is 4.56. The zero-order valence-electron chi connectivity index (χ0n) is 11.6. The lowest BCUT2D eigenvalue weighted by atomic mass is 9.91. The summed E-state index contributed by atoms with van der Waals surface area (Å²) in [6.45, 7) is 12.4. The zero-order valence-corrected chi connectivity index (χ0v) is 12.4. The van der Waals surface area contributed by atoms with Crippen LogP contribution in [0.25, 0.3) is 0 Å². The van der Waals surface area contributed by atoms with Crippen LogP contribution in [0.5, 0.6) is 5.88 Å². The van der Waals surface area contributed by atoms with Crippen LogP contribution in [-0.2, 0) is 11.3 Å². The van der Waals surface area contributed by atoms with Gasteiger partial charge in [0.25, 0.3) is 0 Å². The quantitative estimate of drug-likeness (QED) is 0.736. The van der Waals surface area contributed by atoms with Crippen molar-refractivity contribution in [2.75, 3.05) is 0 Å². The summed E-state index contributed by atoms with van der Waals surface area (Å²) in [7, 11) is 0. The van der Waals surface area contributed by atoms with Crippen LogP contribution >= 0.6 is 11.6 Å². The molecule has 0 aliphatic heterocycles. The molecule has 1 rings (SSSR count). The Morgan fingerprint density at radius 2 is 1.71 bits per heavy atom. The molecule has 0 aromatic carbocycles. The van der Waals surface area contributed by atoms with Gasteiger partial charge in [0.2, 0.25) is 5.88 Å². The fourth-order valence-electron chi connectivity index (χ4n) is 1.39. The summed E-state index contributed by atoms with van der Waals surface area (Å²) < 4.78 is 5.81. The predicted octanol–water partition coefficient (Wildman–Crippen LogP) is 4.30. The number of hydrogen-bond donors (Lipinski definition) is 0. The fraction of sp³-hybridized carbons (Fsp3) is 0.643. The second-order valence-corrected chi connectivity index (χ2v) is 6.56. The minimum Gasteiger partial charge on any atom is -0.472 e. The first-order chi connectivity index (χ1) is 7.62. The minimum atomic E-state index is -0.243. The van der Waals surface area contributed by atoms with E-state index in [2.05, 4.69) is 25.8 Å². The number of hydrogen-bond acceptors (Lipinski definition) is 2. The van der Waals surface area contributed by atoms with Crippen molar-refractivity contribution in [1.82, 2.24) is 4.98 Å². The standard InChI is InChI=1S/C14H22ClNO/c1-13(2,3)11-7-10(9-15)8-12(16-11)17-14(4,5)6/h7-8H,9H2,1-6H3. The lowest BCUT2D eigenvalue weighted by molar-refractivity contribution is 0.123. The van der Waals surface area contributed by atoms with Crippen molar-refractivity contribution in [1.29, 1.82) is 0 Å². The molecule has 0 N–H and O–H groups in total. The molecule has 96 valence electrons. The van der Waals surface area contributed by atoms with Crippen molar-refractivity contribution < 1.29 is 4.74 Å². The van der Waals surface area contributed by atoms with E-state index in [9.17, 15) is 0 Å². The molecular weight excluding hydrogens is 234 g/mol. The first-order valence-corrected chi connectivity index (χ1v) is 6.42. The Morgan fingerprint density at radius 3 is 2.12 bits per heavy atom. The first kappa shape index (κ1) is 14.3. The molecule has 0 radical (unpaired) electrons. The summed E-state index contributed by atoms with van der Waals surface area (Å²) in [5.41, 5.74) is 1.81. The van der Waals surface area contributed by atoms with Crippen LogP contribution < -0.4 is 4.74 Å². The molecule has 0 fully saturated rings. The number of aromatic nitrogens is 1. The third-order valence-electron chi connectivity index (χ3n) is 2.20. The zero-order chi connectivity index (χ0) is 13.3. The summed E-state index contributed by atoms with van der Waals surface area (Å²) in [6, 6.07) is 3.95. The Bertz CT molecular complexity index is 388. The number of nitrogens with zero attached hydrogens (tertiary/aromatic N) is 1. The number of pyridine rings is 1. The van der Waals surface area contributed by atoms with Crippen molar-refractivity contribution in [2.24, 2.45) is 0 Å². The molecule has 0 saturated carbocycles. The van der Waals surface area contributed by atoms with E-state index in [-0.39, 0.29) is 11.0 Å². The van der Waals surface area contributed by atoms with Crippen LogP contribution in [0, 0.1) is 0 Å². The molecule has 0 atom stereocenters. The topological polar surface area (TPSA) is 22.1 Å². The molecule has 3 heteroatoms. The monoisotopic (exact) mass is 255 g/mol. The van der Waals surface area contributed by atoms with E-state index in [0.717, 1.165) is 11.3 Å².